The van der Waals surface area contributed by atoms with E-state index in [4.69, 9.17) is 27.9 Å². The lowest BCUT2D eigenvalue weighted by molar-refractivity contribution is -0.110. The van der Waals surface area contributed by atoms with Gasteiger partial charge in [-0.05, 0) is 60.8 Å². The smallest absolute Gasteiger partial charge is 0.209 e. The standard InChI is InChI=1S/C19H20Cl2N2O2/c1-22-19-7-5-14(12-2-6-17(20)18(21)8-12)15-4-3-13(9-16(15)19)25-11-23-10-24/h2-4,6,8-10,14,19,22H,5,7,11H2,1H3,(H,23,24)/t14-,19-/m0/s1. The zero-order chi connectivity index (χ0) is 17.8. The van der Waals surface area contributed by atoms with Crippen molar-refractivity contribution in [3.05, 3.63) is 63.1 Å². The normalized spacial score (nSPS) is 19.2. The second kappa shape index (κ2) is 8.09. The molecule has 1 aliphatic rings. The van der Waals surface area contributed by atoms with Gasteiger partial charge in [0.05, 0.1) is 10.0 Å². The molecule has 0 spiro atoms. The molecule has 0 saturated carbocycles. The number of benzene rings is 2. The first-order valence-corrected chi connectivity index (χ1v) is 8.95. The maximum absolute atomic E-state index is 10.4. The van der Waals surface area contributed by atoms with Crippen molar-refractivity contribution in [1.82, 2.24) is 10.6 Å². The Balaban J connectivity index is 1.94. The molecule has 0 radical (unpaired) electrons. The molecule has 6 heteroatoms. The molecule has 4 nitrogen and oxygen atoms in total. The molecule has 1 amide bonds. The summed E-state index contributed by atoms with van der Waals surface area (Å²) >= 11 is 12.3. The summed E-state index contributed by atoms with van der Waals surface area (Å²) in [5.41, 5.74) is 3.65. The van der Waals surface area contributed by atoms with Crippen LogP contribution < -0.4 is 15.4 Å². The predicted molar refractivity (Wildman–Crippen MR) is 100 cm³/mol. The van der Waals surface area contributed by atoms with Gasteiger partial charge in [-0.1, -0.05) is 35.3 Å². The topological polar surface area (TPSA) is 50.4 Å². The van der Waals surface area contributed by atoms with Crippen LogP contribution in [-0.4, -0.2) is 20.2 Å². The van der Waals surface area contributed by atoms with Gasteiger partial charge in [0.15, 0.2) is 6.73 Å². The first kappa shape index (κ1) is 18.1. The van der Waals surface area contributed by atoms with E-state index in [0.717, 1.165) is 18.6 Å². The molecule has 25 heavy (non-hydrogen) atoms. The SMILES string of the molecule is CN[C@H]1CC[C@@H](c2ccc(Cl)c(Cl)c2)c2ccc(OCNC=O)cc21. The van der Waals surface area contributed by atoms with Crippen LogP contribution in [0.5, 0.6) is 5.75 Å². The molecule has 132 valence electrons. The summed E-state index contributed by atoms with van der Waals surface area (Å²) in [6.07, 6.45) is 2.67. The second-order valence-corrected chi connectivity index (χ2v) is 6.86. The Hall–Kier alpha value is -1.75. The monoisotopic (exact) mass is 378 g/mol. The first-order valence-electron chi connectivity index (χ1n) is 8.20. The van der Waals surface area contributed by atoms with Crippen molar-refractivity contribution in [2.45, 2.75) is 24.8 Å². The Morgan fingerprint density at radius 2 is 1.96 bits per heavy atom. The minimum absolute atomic E-state index is 0.155. The van der Waals surface area contributed by atoms with E-state index in [-0.39, 0.29) is 18.7 Å². The summed E-state index contributed by atoms with van der Waals surface area (Å²) in [5.74, 6) is 1.01. The number of fused-ring (bicyclic) bond motifs is 1. The van der Waals surface area contributed by atoms with Gasteiger partial charge in [-0.3, -0.25) is 4.79 Å². The van der Waals surface area contributed by atoms with Gasteiger partial charge in [0.25, 0.3) is 0 Å². The fourth-order valence-electron chi connectivity index (χ4n) is 3.44. The first-order chi connectivity index (χ1) is 12.1. The zero-order valence-corrected chi connectivity index (χ0v) is 15.4. The van der Waals surface area contributed by atoms with Crippen molar-refractivity contribution in [2.24, 2.45) is 0 Å². The number of carbonyl (C=O) groups is 1. The Morgan fingerprint density at radius 3 is 2.68 bits per heavy atom. The maximum Gasteiger partial charge on any atom is 0.209 e. The molecule has 0 aromatic heterocycles. The van der Waals surface area contributed by atoms with E-state index < -0.39 is 0 Å². The van der Waals surface area contributed by atoms with Crippen LogP contribution in [0, 0.1) is 0 Å². The summed E-state index contributed by atoms with van der Waals surface area (Å²) in [7, 11) is 1.97. The quantitative estimate of drug-likeness (QED) is 0.448. The van der Waals surface area contributed by atoms with Gasteiger partial charge in [0.2, 0.25) is 6.41 Å². The summed E-state index contributed by atoms with van der Waals surface area (Å²) in [6.45, 7) is 0.155. The molecule has 2 atom stereocenters. The van der Waals surface area contributed by atoms with E-state index in [1.54, 1.807) is 0 Å². The van der Waals surface area contributed by atoms with Crippen molar-refractivity contribution in [3.8, 4) is 5.75 Å². The number of nitrogens with one attached hydrogen (secondary N) is 2. The van der Waals surface area contributed by atoms with E-state index in [1.165, 1.54) is 16.7 Å². The van der Waals surface area contributed by atoms with Gasteiger partial charge in [0, 0.05) is 12.0 Å². The van der Waals surface area contributed by atoms with Gasteiger partial charge in [-0.15, -0.1) is 0 Å². The van der Waals surface area contributed by atoms with Crippen molar-refractivity contribution >= 4 is 29.6 Å². The van der Waals surface area contributed by atoms with Crippen LogP contribution in [0.25, 0.3) is 0 Å². The molecule has 0 unspecified atom stereocenters. The van der Waals surface area contributed by atoms with Crippen LogP contribution >= 0.6 is 23.2 Å². The fourth-order valence-corrected chi connectivity index (χ4v) is 3.75. The molecule has 0 fully saturated rings. The van der Waals surface area contributed by atoms with E-state index in [9.17, 15) is 4.79 Å². The van der Waals surface area contributed by atoms with Crippen molar-refractivity contribution < 1.29 is 9.53 Å². The number of hydrogen-bond acceptors (Lipinski definition) is 3. The average Bonchev–Trinajstić information content (AvgIpc) is 2.63. The molecule has 3 rings (SSSR count). The van der Waals surface area contributed by atoms with E-state index in [1.807, 2.05) is 37.4 Å². The molecule has 2 aromatic carbocycles. The highest BCUT2D eigenvalue weighted by Gasteiger charge is 2.28. The zero-order valence-electron chi connectivity index (χ0n) is 13.9. The van der Waals surface area contributed by atoms with Crippen LogP contribution in [0.2, 0.25) is 10.0 Å². The fraction of sp³-hybridized carbons (Fsp3) is 0.316. The molecule has 2 aromatic rings. The largest absolute Gasteiger partial charge is 0.473 e. The van der Waals surface area contributed by atoms with Crippen LogP contribution in [0.3, 0.4) is 0 Å². The third-order valence-corrected chi connectivity index (χ3v) is 5.39. The molecule has 2 N–H and O–H groups in total. The number of rotatable bonds is 6. The lowest BCUT2D eigenvalue weighted by atomic mass is 9.76. The number of amides is 1. The number of halogens is 2. The van der Waals surface area contributed by atoms with Gasteiger partial charge in [-0.25, -0.2) is 0 Å². The predicted octanol–water partition coefficient (Wildman–Crippen LogP) is 4.26. The summed E-state index contributed by atoms with van der Waals surface area (Å²) in [5, 5.41) is 7.03. The highest BCUT2D eigenvalue weighted by Crippen LogP contribution is 2.43. The highest BCUT2D eigenvalue weighted by molar-refractivity contribution is 6.42. The molecular formula is C19H20Cl2N2O2. The summed E-state index contributed by atoms with van der Waals surface area (Å²) in [6, 6.07) is 12.2. The molecule has 0 heterocycles. The molecular weight excluding hydrogens is 359 g/mol. The molecule has 1 aliphatic carbocycles. The maximum atomic E-state index is 10.4. The van der Waals surface area contributed by atoms with Crippen LogP contribution in [0.1, 0.15) is 41.5 Å². The van der Waals surface area contributed by atoms with E-state index >= 15 is 0 Å². The van der Waals surface area contributed by atoms with Crippen molar-refractivity contribution in [1.29, 1.82) is 0 Å². The van der Waals surface area contributed by atoms with Gasteiger partial charge in [0.1, 0.15) is 5.75 Å². The minimum atomic E-state index is 0.155. The summed E-state index contributed by atoms with van der Waals surface area (Å²) in [4.78, 5) is 10.4. The Bertz CT molecular complexity index is 767. The lowest BCUT2D eigenvalue weighted by Crippen LogP contribution is -2.24. The minimum Gasteiger partial charge on any atom is -0.473 e. The van der Waals surface area contributed by atoms with Gasteiger partial charge < -0.3 is 15.4 Å². The van der Waals surface area contributed by atoms with Gasteiger partial charge in [-0.2, -0.15) is 0 Å². The van der Waals surface area contributed by atoms with Crippen molar-refractivity contribution in [3.63, 3.8) is 0 Å². The van der Waals surface area contributed by atoms with Gasteiger partial charge >= 0.3 is 0 Å². The van der Waals surface area contributed by atoms with Crippen LogP contribution in [0.4, 0.5) is 0 Å². The Morgan fingerprint density at radius 1 is 1.12 bits per heavy atom. The second-order valence-electron chi connectivity index (χ2n) is 6.05. The lowest BCUT2D eigenvalue weighted by Gasteiger charge is -2.32. The van der Waals surface area contributed by atoms with E-state index in [2.05, 4.69) is 16.7 Å². The highest BCUT2D eigenvalue weighted by atomic mass is 35.5. The summed E-state index contributed by atoms with van der Waals surface area (Å²) < 4.78 is 5.57. The third-order valence-electron chi connectivity index (χ3n) is 4.65. The third kappa shape index (κ3) is 3.92. The number of carbonyl (C=O) groups excluding carboxylic acids is 1. The molecule has 0 saturated heterocycles. The Labute approximate surface area is 157 Å². The number of hydrogen-bond donors (Lipinski definition) is 2. The Kier molecular flexibility index (Phi) is 5.84. The molecule has 0 aliphatic heterocycles. The van der Waals surface area contributed by atoms with E-state index in [0.29, 0.717) is 16.5 Å². The number of ether oxygens (including phenoxy) is 1. The average molecular weight is 379 g/mol. The van der Waals surface area contributed by atoms with Crippen LogP contribution in [-0.2, 0) is 4.79 Å². The van der Waals surface area contributed by atoms with Crippen molar-refractivity contribution in [2.75, 3.05) is 13.8 Å². The molecule has 0 bridgehead atoms. The van der Waals surface area contributed by atoms with Crippen LogP contribution in [0.15, 0.2) is 36.4 Å².